The molecule has 0 bridgehead atoms. The molecule has 3 heterocycles. The Kier molecular flexibility index (Phi) is 4.55. The molecule has 2 aliphatic heterocycles. The van der Waals surface area contributed by atoms with Crippen LogP contribution >= 0.6 is 11.3 Å². The van der Waals surface area contributed by atoms with Crippen LogP contribution in [0, 0.1) is 5.92 Å². The van der Waals surface area contributed by atoms with Gasteiger partial charge in [0.15, 0.2) is 0 Å². The SMILES string of the molecule is O=C(c1ccsc1)N1CCCN(C(=O)C2CCNC2)CC1. The van der Waals surface area contributed by atoms with Gasteiger partial charge in [0.25, 0.3) is 5.91 Å². The molecule has 2 amide bonds. The van der Waals surface area contributed by atoms with Gasteiger partial charge in [-0.15, -0.1) is 0 Å². The van der Waals surface area contributed by atoms with Crippen molar-refractivity contribution in [2.75, 3.05) is 39.3 Å². The summed E-state index contributed by atoms with van der Waals surface area (Å²) in [6.45, 7) is 4.54. The monoisotopic (exact) mass is 307 g/mol. The van der Waals surface area contributed by atoms with Crippen molar-refractivity contribution in [3.05, 3.63) is 22.4 Å². The van der Waals surface area contributed by atoms with E-state index in [9.17, 15) is 9.59 Å². The first-order valence-corrected chi connectivity index (χ1v) is 8.51. The number of thiophene rings is 1. The van der Waals surface area contributed by atoms with E-state index < -0.39 is 0 Å². The highest BCUT2D eigenvalue weighted by atomic mass is 32.1. The molecule has 0 radical (unpaired) electrons. The van der Waals surface area contributed by atoms with Crippen molar-refractivity contribution in [3.63, 3.8) is 0 Å². The van der Waals surface area contributed by atoms with Crippen molar-refractivity contribution in [2.45, 2.75) is 12.8 Å². The second-order valence-electron chi connectivity index (χ2n) is 5.67. The molecule has 0 aliphatic carbocycles. The summed E-state index contributed by atoms with van der Waals surface area (Å²) in [6.07, 6.45) is 1.80. The van der Waals surface area contributed by atoms with Gasteiger partial charge < -0.3 is 15.1 Å². The molecule has 0 spiro atoms. The van der Waals surface area contributed by atoms with Crippen LogP contribution in [0.2, 0.25) is 0 Å². The summed E-state index contributed by atoms with van der Waals surface area (Å²) >= 11 is 1.54. The van der Waals surface area contributed by atoms with Gasteiger partial charge in [-0.25, -0.2) is 0 Å². The van der Waals surface area contributed by atoms with Crippen LogP contribution in [-0.2, 0) is 4.79 Å². The first-order chi connectivity index (χ1) is 10.3. The maximum Gasteiger partial charge on any atom is 0.254 e. The summed E-state index contributed by atoms with van der Waals surface area (Å²) in [4.78, 5) is 28.6. The zero-order valence-corrected chi connectivity index (χ0v) is 12.9. The molecule has 1 N–H and O–H groups in total. The fraction of sp³-hybridized carbons (Fsp3) is 0.600. The number of hydrogen-bond donors (Lipinski definition) is 1. The molecule has 0 saturated carbocycles. The van der Waals surface area contributed by atoms with Crippen molar-refractivity contribution < 1.29 is 9.59 Å². The zero-order valence-electron chi connectivity index (χ0n) is 12.1. The number of hydrogen-bond acceptors (Lipinski definition) is 4. The summed E-state index contributed by atoms with van der Waals surface area (Å²) in [7, 11) is 0. The number of carbonyl (C=O) groups is 2. The van der Waals surface area contributed by atoms with Crippen LogP contribution in [0.4, 0.5) is 0 Å². The predicted molar refractivity (Wildman–Crippen MR) is 82.4 cm³/mol. The van der Waals surface area contributed by atoms with E-state index >= 15 is 0 Å². The first-order valence-electron chi connectivity index (χ1n) is 7.56. The van der Waals surface area contributed by atoms with E-state index in [2.05, 4.69) is 5.32 Å². The zero-order chi connectivity index (χ0) is 14.7. The number of nitrogens with one attached hydrogen (secondary N) is 1. The van der Waals surface area contributed by atoms with Gasteiger partial charge in [-0.3, -0.25) is 9.59 Å². The van der Waals surface area contributed by atoms with E-state index in [1.807, 2.05) is 26.6 Å². The van der Waals surface area contributed by atoms with Gasteiger partial charge in [-0.2, -0.15) is 11.3 Å². The summed E-state index contributed by atoms with van der Waals surface area (Å²) in [5.41, 5.74) is 0.764. The molecule has 3 rings (SSSR count). The summed E-state index contributed by atoms with van der Waals surface area (Å²) in [5, 5.41) is 7.06. The minimum absolute atomic E-state index is 0.0908. The number of amides is 2. The molecule has 2 saturated heterocycles. The van der Waals surface area contributed by atoms with Crippen LogP contribution in [0.25, 0.3) is 0 Å². The average molecular weight is 307 g/mol. The third-order valence-corrected chi connectivity index (χ3v) is 4.96. The van der Waals surface area contributed by atoms with Gasteiger partial charge >= 0.3 is 0 Å². The van der Waals surface area contributed by atoms with E-state index in [-0.39, 0.29) is 17.7 Å². The molecule has 1 aromatic heterocycles. The van der Waals surface area contributed by atoms with Crippen LogP contribution < -0.4 is 5.32 Å². The summed E-state index contributed by atoms with van der Waals surface area (Å²) in [6, 6.07) is 1.87. The van der Waals surface area contributed by atoms with E-state index in [0.717, 1.165) is 44.6 Å². The molecule has 21 heavy (non-hydrogen) atoms. The second kappa shape index (κ2) is 6.58. The summed E-state index contributed by atoms with van der Waals surface area (Å²) in [5.74, 6) is 0.474. The highest BCUT2D eigenvalue weighted by Crippen LogP contribution is 2.16. The molecule has 5 nitrogen and oxygen atoms in total. The fourth-order valence-corrected chi connectivity index (χ4v) is 3.66. The van der Waals surface area contributed by atoms with Crippen LogP contribution in [0.5, 0.6) is 0 Å². The maximum absolute atomic E-state index is 12.4. The van der Waals surface area contributed by atoms with Crippen LogP contribution in [0.1, 0.15) is 23.2 Å². The molecular weight excluding hydrogens is 286 g/mol. The topological polar surface area (TPSA) is 52.7 Å². The number of rotatable bonds is 2. The summed E-state index contributed by atoms with van der Waals surface area (Å²) < 4.78 is 0. The fourth-order valence-electron chi connectivity index (χ4n) is 3.03. The molecule has 1 atom stereocenters. The minimum Gasteiger partial charge on any atom is -0.341 e. The lowest BCUT2D eigenvalue weighted by molar-refractivity contribution is -0.134. The Morgan fingerprint density at radius 1 is 1.19 bits per heavy atom. The Balaban J connectivity index is 1.59. The lowest BCUT2D eigenvalue weighted by Crippen LogP contribution is -2.40. The Labute approximate surface area is 128 Å². The van der Waals surface area contributed by atoms with E-state index in [1.54, 1.807) is 11.3 Å². The lowest BCUT2D eigenvalue weighted by atomic mass is 10.1. The molecule has 1 unspecified atom stereocenters. The van der Waals surface area contributed by atoms with Crippen LogP contribution in [0.3, 0.4) is 0 Å². The van der Waals surface area contributed by atoms with Crippen molar-refractivity contribution in [1.29, 1.82) is 0 Å². The third kappa shape index (κ3) is 3.27. The normalized spacial score (nSPS) is 23.1. The van der Waals surface area contributed by atoms with Crippen molar-refractivity contribution >= 4 is 23.2 Å². The van der Waals surface area contributed by atoms with Crippen LogP contribution in [0.15, 0.2) is 16.8 Å². The van der Waals surface area contributed by atoms with Gasteiger partial charge in [0, 0.05) is 38.1 Å². The predicted octanol–water partition coefficient (Wildman–Crippen LogP) is 1.03. The largest absolute Gasteiger partial charge is 0.341 e. The molecule has 2 aliphatic rings. The number of nitrogens with zero attached hydrogens (tertiary/aromatic N) is 2. The lowest BCUT2D eigenvalue weighted by Gasteiger charge is -2.24. The highest BCUT2D eigenvalue weighted by Gasteiger charge is 2.29. The Morgan fingerprint density at radius 3 is 2.71 bits per heavy atom. The highest BCUT2D eigenvalue weighted by molar-refractivity contribution is 7.08. The quantitative estimate of drug-likeness (QED) is 0.888. The molecule has 6 heteroatoms. The van der Waals surface area contributed by atoms with Gasteiger partial charge in [0.2, 0.25) is 5.91 Å². The first kappa shape index (κ1) is 14.5. The molecular formula is C15H21N3O2S. The van der Waals surface area contributed by atoms with Crippen molar-refractivity contribution in [1.82, 2.24) is 15.1 Å². The van der Waals surface area contributed by atoms with E-state index in [0.29, 0.717) is 13.1 Å². The van der Waals surface area contributed by atoms with Gasteiger partial charge in [-0.1, -0.05) is 0 Å². The molecule has 114 valence electrons. The molecule has 1 aromatic rings. The van der Waals surface area contributed by atoms with Gasteiger partial charge in [-0.05, 0) is 30.8 Å². The number of carbonyl (C=O) groups excluding carboxylic acids is 2. The standard InChI is InChI=1S/C15H21N3O2S/c19-14(12-2-4-16-10-12)17-5-1-6-18(8-7-17)15(20)13-3-9-21-11-13/h3,9,11-12,16H,1-2,4-8,10H2. The maximum atomic E-state index is 12.4. The Hall–Kier alpha value is -1.40. The van der Waals surface area contributed by atoms with Crippen LogP contribution in [-0.4, -0.2) is 60.9 Å². The third-order valence-electron chi connectivity index (χ3n) is 4.27. The Bertz CT molecular complexity index is 497. The minimum atomic E-state index is 0.0908. The van der Waals surface area contributed by atoms with Crippen molar-refractivity contribution in [2.24, 2.45) is 5.92 Å². The van der Waals surface area contributed by atoms with Gasteiger partial charge in [0.1, 0.15) is 0 Å². The molecule has 0 aromatic carbocycles. The van der Waals surface area contributed by atoms with E-state index in [4.69, 9.17) is 0 Å². The van der Waals surface area contributed by atoms with E-state index in [1.165, 1.54) is 0 Å². The molecule has 2 fully saturated rings. The smallest absolute Gasteiger partial charge is 0.254 e. The average Bonchev–Trinajstić information content (AvgIpc) is 3.15. The second-order valence-corrected chi connectivity index (χ2v) is 6.45. The Morgan fingerprint density at radius 2 is 2.00 bits per heavy atom. The van der Waals surface area contributed by atoms with Gasteiger partial charge in [0.05, 0.1) is 11.5 Å². The van der Waals surface area contributed by atoms with Crippen molar-refractivity contribution in [3.8, 4) is 0 Å².